The van der Waals surface area contributed by atoms with Crippen LogP contribution in [0.3, 0.4) is 0 Å². The second kappa shape index (κ2) is 5.21. The van der Waals surface area contributed by atoms with Crippen LogP contribution in [0, 0.1) is 6.92 Å². The summed E-state index contributed by atoms with van der Waals surface area (Å²) in [5.74, 6) is 0.877. The van der Waals surface area contributed by atoms with E-state index in [4.69, 9.17) is 4.74 Å². The molecule has 12 heavy (non-hydrogen) atoms. The number of benzene rings is 1. The molecule has 1 rings (SSSR count). The van der Waals surface area contributed by atoms with Crippen molar-refractivity contribution in [2.45, 2.75) is 20.0 Å². The molecule has 2 heteroatoms. The summed E-state index contributed by atoms with van der Waals surface area (Å²) in [6.07, 6.45) is 0.220. The maximum absolute atomic E-state index is 5.48. The molecule has 0 heterocycles. The molecule has 1 radical (unpaired) electrons. The molecular formula is C10H13ORu. The molecular weight excluding hydrogens is 237 g/mol. The van der Waals surface area contributed by atoms with E-state index in [-0.39, 0.29) is 25.6 Å². The van der Waals surface area contributed by atoms with E-state index < -0.39 is 0 Å². The van der Waals surface area contributed by atoms with Crippen molar-refractivity contribution in [2.24, 2.45) is 0 Å². The fraction of sp³-hybridized carbons (Fsp3) is 0.300. The van der Waals surface area contributed by atoms with Crippen LogP contribution in [0.15, 0.2) is 24.3 Å². The van der Waals surface area contributed by atoms with Gasteiger partial charge >= 0.3 is 19.5 Å². The van der Waals surface area contributed by atoms with E-state index in [9.17, 15) is 0 Å². The van der Waals surface area contributed by atoms with E-state index in [0.717, 1.165) is 11.3 Å². The Morgan fingerprint density at radius 3 is 2.33 bits per heavy atom. The molecule has 0 fully saturated rings. The van der Waals surface area contributed by atoms with E-state index in [1.807, 2.05) is 38.1 Å². The smallest absolute Gasteiger partial charge is 0.548 e. The van der Waals surface area contributed by atoms with Crippen LogP contribution >= 0.6 is 0 Å². The second-order valence-corrected chi connectivity index (χ2v) is 2.77. The molecule has 0 spiro atoms. The van der Waals surface area contributed by atoms with Gasteiger partial charge in [0.1, 0.15) is 0 Å². The summed E-state index contributed by atoms with van der Waals surface area (Å²) in [6.45, 7) is 7.86. The SMILES string of the molecule is [CH2-]c1ccccc1OC(C)C.[Ru+]. The fourth-order valence-corrected chi connectivity index (χ4v) is 0.873. The van der Waals surface area contributed by atoms with Gasteiger partial charge in [0.25, 0.3) is 0 Å². The zero-order chi connectivity index (χ0) is 8.27. The first-order valence-corrected chi connectivity index (χ1v) is 3.78. The van der Waals surface area contributed by atoms with E-state index >= 15 is 0 Å². The van der Waals surface area contributed by atoms with E-state index in [0.29, 0.717) is 0 Å². The zero-order valence-corrected chi connectivity index (χ0v) is 9.09. The van der Waals surface area contributed by atoms with Crippen LogP contribution in [0.2, 0.25) is 0 Å². The van der Waals surface area contributed by atoms with Crippen molar-refractivity contribution in [1.82, 2.24) is 0 Å². The molecule has 0 aliphatic carbocycles. The third-order valence-electron chi connectivity index (χ3n) is 1.34. The molecule has 67 valence electrons. The van der Waals surface area contributed by atoms with Gasteiger partial charge in [-0.2, -0.15) is 18.6 Å². The first-order chi connectivity index (χ1) is 5.20. The molecule has 0 aromatic heterocycles. The first-order valence-electron chi connectivity index (χ1n) is 3.78. The summed E-state index contributed by atoms with van der Waals surface area (Å²) in [6, 6.07) is 7.78. The molecule has 0 N–H and O–H groups in total. The van der Waals surface area contributed by atoms with Gasteiger partial charge in [0.05, 0.1) is 6.10 Å². The number of hydrogen-bond donors (Lipinski definition) is 0. The monoisotopic (exact) mass is 251 g/mol. The summed E-state index contributed by atoms with van der Waals surface area (Å²) < 4.78 is 5.48. The molecule has 0 saturated carbocycles. The number of rotatable bonds is 2. The van der Waals surface area contributed by atoms with Crippen LogP contribution in [-0.4, -0.2) is 6.10 Å². The third kappa shape index (κ3) is 3.27. The van der Waals surface area contributed by atoms with Gasteiger partial charge in [0.2, 0.25) is 0 Å². The van der Waals surface area contributed by atoms with Crippen LogP contribution in [0.4, 0.5) is 0 Å². The van der Waals surface area contributed by atoms with Crippen LogP contribution in [0.1, 0.15) is 19.4 Å². The van der Waals surface area contributed by atoms with E-state index in [1.54, 1.807) is 0 Å². The number of para-hydroxylation sites is 1. The summed E-state index contributed by atoms with van der Waals surface area (Å²) >= 11 is 0. The number of hydrogen-bond acceptors (Lipinski definition) is 1. The van der Waals surface area contributed by atoms with Gasteiger partial charge in [0.15, 0.2) is 0 Å². The van der Waals surface area contributed by atoms with Crippen molar-refractivity contribution in [2.75, 3.05) is 0 Å². The maximum atomic E-state index is 5.48. The minimum absolute atomic E-state index is 0. The van der Waals surface area contributed by atoms with E-state index in [1.165, 1.54) is 0 Å². The average molecular weight is 250 g/mol. The van der Waals surface area contributed by atoms with Crippen molar-refractivity contribution in [3.63, 3.8) is 0 Å². The molecule has 0 aliphatic rings. The summed E-state index contributed by atoms with van der Waals surface area (Å²) in [5.41, 5.74) is 0.946. The van der Waals surface area contributed by atoms with Crippen LogP contribution in [-0.2, 0) is 19.5 Å². The minimum Gasteiger partial charge on any atom is -0.548 e. The first kappa shape index (κ1) is 11.5. The van der Waals surface area contributed by atoms with Crippen LogP contribution in [0.5, 0.6) is 5.75 Å². The largest absolute Gasteiger partial charge is 1.00 e. The molecule has 0 bridgehead atoms. The molecule has 0 unspecified atom stereocenters. The minimum atomic E-state index is 0. The van der Waals surface area contributed by atoms with Crippen LogP contribution in [0.25, 0.3) is 0 Å². The molecule has 1 aromatic rings. The quantitative estimate of drug-likeness (QED) is 0.579. The van der Waals surface area contributed by atoms with Gasteiger partial charge in [-0.05, 0) is 13.8 Å². The molecule has 0 aliphatic heterocycles. The van der Waals surface area contributed by atoms with Gasteiger partial charge in [-0.1, -0.05) is 12.1 Å². The normalized spacial score (nSPS) is 9.25. The molecule has 1 nitrogen and oxygen atoms in total. The standard InChI is InChI=1S/C10H13O.Ru/c1-8(2)11-10-7-5-4-6-9(10)3;/h4-8H,3H2,1-2H3;/q-1;+1. The van der Waals surface area contributed by atoms with Crippen LogP contribution < -0.4 is 4.74 Å². The van der Waals surface area contributed by atoms with Crippen molar-refractivity contribution in [3.05, 3.63) is 36.8 Å². The average Bonchev–Trinajstić information content (AvgIpc) is 1.93. The van der Waals surface area contributed by atoms with Gasteiger partial charge in [-0.15, -0.1) is 6.07 Å². The Kier molecular flexibility index (Phi) is 5.00. The van der Waals surface area contributed by atoms with E-state index in [2.05, 4.69) is 6.92 Å². The Morgan fingerprint density at radius 2 is 1.83 bits per heavy atom. The van der Waals surface area contributed by atoms with Gasteiger partial charge < -0.3 is 4.74 Å². The Hall–Kier alpha value is -0.487. The Balaban J connectivity index is 0.00000121. The van der Waals surface area contributed by atoms with Crippen molar-refractivity contribution in [1.29, 1.82) is 0 Å². The number of ether oxygens (including phenoxy) is 1. The predicted molar refractivity (Wildman–Crippen MR) is 46.7 cm³/mol. The Morgan fingerprint density at radius 1 is 1.25 bits per heavy atom. The fourth-order valence-electron chi connectivity index (χ4n) is 0.873. The zero-order valence-electron chi connectivity index (χ0n) is 7.36. The second-order valence-electron chi connectivity index (χ2n) is 2.77. The van der Waals surface area contributed by atoms with Crippen molar-refractivity contribution in [3.8, 4) is 5.75 Å². The summed E-state index contributed by atoms with van der Waals surface area (Å²) in [5, 5.41) is 0. The summed E-state index contributed by atoms with van der Waals surface area (Å²) in [4.78, 5) is 0. The van der Waals surface area contributed by atoms with Gasteiger partial charge in [-0.25, -0.2) is 0 Å². The molecule has 1 aromatic carbocycles. The van der Waals surface area contributed by atoms with Gasteiger partial charge in [0, 0.05) is 5.75 Å². The Labute approximate surface area is 86.9 Å². The Bertz CT molecular complexity index is 233. The summed E-state index contributed by atoms with van der Waals surface area (Å²) in [7, 11) is 0. The molecule has 0 atom stereocenters. The predicted octanol–water partition coefficient (Wildman–Crippen LogP) is 2.65. The maximum Gasteiger partial charge on any atom is 1.00 e. The van der Waals surface area contributed by atoms with Gasteiger partial charge in [-0.3, -0.25) is 0 Å². The van der Waals surface area contributed by atoms with Crippen molar-refractivity contribution >= 4 is 0 Å². The third-order valence-corrected chi connectivity index (χ3v) is 1.34. The van der Waals surface area contributed by atoms with Crippen molar-refractivity contribution < 1.29 is 24.2 Å². The molecule has 0 amide bonds. The molecule has 0 saturated heterocycles. The topological polar surface area (TPSA) is 9.23 Å².